The number of hydrogen-bond donors (Lipinski definition) is 0. The van der Waals surface area contributed by atoms with Crippen molar-refractivity contribution >= 4 is 27.3 Å². The number of ether oxygens (including phenoxy) is 2. The maximum Gasteiger partial charge on any atom is 0.312 e. The fourth-order valence-electron chi connectivity index (χ4n) is 3.11. The smallest absolute Gasteiger partial charge is 0.312 e. The molecule has 1 fully saturated rings. The minimum atomic E-state index is -3.88. The lowest BCUT2D eigenvalue weighted by atomic mass is 10.2. The van der Waals surface area contributed by atoms with Crippen LogP contribution in [0.5, 0.6) is 5.75 Å². The van der Waals surface area contributed by atoms with Crippen LogP contribution >= 0.6 is 11.6 Å². The van der Waals surface area contributed by atoms with Crippen molar-refractivity contribution in [2.24, 2.45) is 0 Å². The van der Waals surface area contributed by atoms with Crippen molar-refractivity contribution in [3.8, 4) is 17.2 Å². The van der Waals surface area contributed by atoms with E-state index in [4.69, 9.17) is 25.5 Å². The standard InChI is InChI=1S/C20H18ClN3O7S/c21-15-3-1-14(2-4-15)20-22-16(13-31-20)12-30-19-6-5-17(11-18(19)24(25)26)32(27,28)23-7-9-29-10-8-23/h1-6,11,13H,7-10,12H2. The summed E-state index contributed by atoms with van der Waals surface area (Å²) in [7, 11) is -3.88. The van der Waals surface area contributed by atoms with Crippen molar-refractivity contribution in [2.45, 2.75) is 11.5 Å². The Kier molecular flexibility index (Phi) is 6.42. The van der Waals surface area contributed by atoms with E-state index in [0.717, 1.165) is 6.07 Å². The monoisotopic (exact) mass is 479 g/mol. The Balaban J connectivity index is 1.52. The first-order chi connectivity index (χ1) is 15.3. The van der Waals surface area contributed by atoms with Gasteiger partial charge in [0.05, 0.1) is 23.0 Å². The molecule has 32 heavy (non-hydrogen) atoms. The number of aromatic nitrogens is 1. The SMILES string of the molecule is O=[N+]([O-])c1cc(S(=O)(=O)N2CCOCC2)ccc1OCc1coc(-c2ccc(Cl)cc2)n1. The molecule has 3 aromatic rings. The third kappa shape index (κ3) is 4.75. The Morgan fingerprint density at radius 3 is 2.56 bits per heavy atom. The van der Waals surface area contributed by atoms with Gasteiger partial charge < -0.3 is 13.9 Å². The van der Waals surface area contributed by atoms with Gasteiger partial charge in [0, 0.05) is 29.7 Å². The Morgan fingerprint density at radius 1 is 1.16 bits per heavy atom. The van der Waals surface area contributed by atoms with Crippen molar-refractivity contribution in [1.82, 2.24) is 9.29 Å². The molecule has 1 aromatic heterocycles. The van der Waals surface area contributed by atoms with Gasteiger partial charge in [0.2, 0.25) is 15.9 Å². The number of nitrogens with zero attached hydrogens (tertiary/aromatic N) is 3. The molecule has 12 heteroatoms. The van der Waals surface area contributed by atoms with E-state index in [1.807, 2.05) is 0 Å². The van der Waals surface area contributed by atoms with Crippen LogP contribution in [0.1, 0.15) is 5.69 Å². The van der Waals surface area contributed by atoms with Gasteiger partial charge in [-0.15, -0.1) is 0 Å². The van der Waals surface area contributed by atoms with Crippen LogP contribution in [0.4, 0.5) is 5.69 Å². The molecule has 0 saturated carbocycles. The zero-order chi connectivity index (χ0) is 22.7. The minimum Gasteiger partial charge on any atom is -0.480 e. The predicted octanol–water partition coefficient (Wildman–Crippen LogP) is 3.50. The van der Waals surface area contributed by atoms with E-state index in [1.165, 1.54) is 22.7 Å². The molecule has 4 rings (SSSR count). The zero-order valence-electron chi connectivity index (χ0n) is 16.6. The lowest BCUT2D eigenvalue weighted by Gasteiger charge is -2.26. The van der Waals surface area contributed by atoms with Crippen LogP contribution < -0.4 is 4.74 Å². The molecule has 0 bridgehead atoms. The molecule has 0 spiro atoms. The number of halogens is 1. The van der Waals surface area contributed by atoms with Crippen LogP contribution in [-0.4, -0.2) is 48.9 Å². The Labute approximate surface area is 188 Å². The topological polar surface area (TPSA) is 125 Å². The molecule has 1 aliphatic heterocycles. The van der Waals surface area contributed by atoms with Crippen LogP contribution in [0.3, 0.4) is 0 Å². The summed E-state index contributed by atoms with van der Waals surface area (Å²) >= 11 is 5.87. The van der Waals surface area contributed by atoms with E-state index >= 15 is 0 Å². The van der Waals surface area contributed by atoms with Crippen molar-refractivity contribution in [2.75, 3.05) is 26.3 Å². The fraction of sp³-hybridized carbons (Fsp3) is 0.250. The third-order valence-corrected chi connectivity index (χ3v) is 6.90. The maximum absolute atomic E-state index is 12.8. The highest BCUT2D eigenvalue weighted by Gasteiger charge is 2.29. The summed E-state index contributed by atoms with van der Waals surface area (Å²) in [4.78, 5) is 15.0. The molecule has 10 nitrogen and oxygen atoms in total. The Hall–Kier alpha value is -2.99. The van der Waals surface area contributed by atoms with Gasteiger partial charge in [-0.1, -0.05) is 11.6 Å². The van der Waals surface area contributed by atoms with Crippen LogP contribution in [0.2, 0.25) is 5.02 Å². The van der Waals surface area contributed by atoms with Crippen LogP contribution in [0, 0.1) is 10.1 Å². The Morgan fingerprint density at radius 2 is 1.88 bits per heavy atom. The number of nitro groups is 1. The number of hydrogen-bond acceptors (Lipinski definition) is 8. The molecule has 0 aliphatic carbocycles. The second-order valence-corrected chi connectivity index (χ2v) is 9.22. The normalized spacial score (nSPS) is 14.9. The summed E-state index contributed by atoms with van der Waals surface area (Å²) in [5, 5.41) is 12.1. The third-order valence-electron chi connectivity index (χ3n) is 4.75. The first kappa shape index (κ1) is 22.2. The number of morpholine rings is 1. The van der Waals surface area contributed by atoms with Gasteiger partial charge in [-0.3, -0.25) is 10.1 Å². The maximum atomic E-state index is 12.8. The molecule has 0 unspecified atom stereocenters. The summed E-state index contributed by atoms with van der Waals surface area (Å²) in [6, 6.07) is 10.5. The number of sulfonamides is 1. The van der Waals surface area contributed by atoms with E-state index in [1.54, 1.807) is 24.3 Å². The number of rotatable bonds is 7. The van der Waals surface area contributed by atoms with Gasteiger partial charge in [0.1, 0.15) is 18.6 Å². The summed E-state index contributed by atoms with van der Waals surface area (Å²) in [6.07, 6.45) is 1.38. The molecule has 168 valence electrons. The van der Waals surface area contributed by atoms with Gasteiger partial charge in [-0.25, -0.2) is 13.4 Å². The van der Waals surface area contributed by atoms with Gasteiger partial charge in [0.25, 0.3) is 0 Å². The first-order valence-corrected chi connectivity index (χ1v) is 11.4. The number of nitro benzene ring substituents is 1. The van der Waals surface area contributed by atoms with E-state index in [-0.39, 0.29) is 43.6 Å². The highest BCUT2D eigenvalue weighted by molar-refractivity contribution is 7.89. The van der Waals surface area contributed by atoms with Crippen molar-refractivity contribution in [1.29, 1.82) is 0 Å². The first-order valence-electron chi connectivity index (χ1n) is 9.54. The lowest BCUT2D eigenvalue weighted by Crippen LogP contribution is -2.40. The van der Waals surface area contributed by atoms with Crippen LogP contribution in [0.25, 0.3) is 11.5 Å². The predicted molar refractivity (Wildman–Crippen MR) is 114 cm³/mol. The average Bonchev–Trinajstić information content (AvgIpc) is 3.27. The zero-order valence-corrected chi connectivity index (χ0v) is 18.2. The second-order valence-electron chi connectivity index (χ2n) is 6.84. The molecular weight excluding hydrogens is 462 g/mol. The highest BCUT2D eigenvalue weighted by Crippen LogP contribution is 2.32. The summed E-state index contributed by atoms with van der Waals surface area (Å²) in [5.74, 6) is 0.272. The van der Waals surface area contributed by atoms with Gasteiger partial charge in [-0.2, -0.15) is 4.31 Å². The van der Waals surface area contributed by atoms with E-state index in [0.29, 0.717) is 22.2 Å². The van der Waals surface area contributed by atoms with E-state index in [9.17, 15) is 18.5 Å². The van der Waals surface area contributed by atoms with Crippen molar-refractivity contribution in [3.05, 3.63) is 69.6 Å². The molecule has 2 heterocycles. The number of benzene rings is 2. The largest absolute Gasteiger partial charge is 0.480 e. The molecule has 1 aliphatic rings. The summed E-state index contributed by atoms with van der Waals surface area (Å²) in [6.45, 7) is 0.830. The van der Waals surface area contributed by atoms with E-state index in [2.05, 4.69) is 4.98 Å². The lowest BCUT2D eigenvalue weighted by molar-refractivity contribution is -0.386. The molecule has 0 atom stereocenters. The van der Waals surface area contributed by atoms with E-state index < -0.39 is 20.6 Å². The van der Waals surface area contributed by atoms with Crippen molar-refractivity contribution in [3.63, 3.8) is 0 Å². The van der Waals surface area contributed by atoms with Crippen molar-refractivity contribution < 1.29 is 27.2 Å². The quantitative estimate of drug-likeness (QED) is 0.372. The molecule has 1 saturated heterocycles. The van der Waals surface area contributed by atoms with Gasteiger partial charge in [0.15, 0.2) is 5.75 Å². The van der Waals surface area contributed by atoms with Crippen LogP contribution in [-0.2, 0) is 21.4 Å². The molecule has 2 aromatic carbocycles. The molecule has 0 radical (unpaired) electrons. The summed E-state index contributed by atoms with van der Waals surface area (Å²) < 4.78 is 43.0. The molecule has 0 N–H and O–H groups in total. The highest BCUT2D eigenvalue weighted by atomic mass is 35.5. The summed E-state index contributed by atoms with van der Waals surface area (Å²) in [5.41, 5.74) is 0.666. The molecule has 0 amide bonds. The van der Waals surface area contributed by atoms with Gasteiger partial charge in [-0.05, 0) is 36.4 Å². The fourth-order valence-corrected chi connectivity index (χ4v) is 4.66. The average molecular weight is 480 g/mol. The minimum absolute atomic E-state index is 0.0769. The van der Waals surface area contributed by atoms with Crippen LogP contribution in [0.15, 0.2) is 58.0 Å². The number of oxazole rings is 1. The molecular formula is C20H18ClN3O7S. The Bertz CT molecular complexity index is 1220. The van der Waals surface area contributed by atoms with Gasteiger partial charge >= 0.3 is 5.69 Å². The second kappa shape index (κ2) is 9.25.